The Balaban J connectivity index is 1.66. The zero-order chi connectivity index (χ0) is 16.8. The molecule has 2 aliphatic rings. The van der Waals surface area contributed by atoms with Crippen molar-refractivity contribution in [2.75, 3.05) is 13.1 Å². The van der Waals surface area contributed by atoms with Crippen molar-refractivity contribution in [3.8, 4) is 0 Å². The molecule has 132 valence electrons. The van der Waals surface area contributed by atoms with Crippen molar-refractivity contribution in [1.82, 2.24) is 10.2 Å². The zero-order valence-corrected chi connectivity index (χ0v) is 14.6. The third-order valence-electron chi connectivity index (χ3n) is 5.70. The molecule has 5 heteroatoms. The number of amides is 1. The van der Waals surface area contributed by atoms with Crippen molar-refractivity contribution in [3.05, 3.63) is 0 Å². The summed E-state index contributed by atoms with van der Waals surface area (Å²) in [6.07, 6.45) is 8.94. The number of hydrogen-bond donors (Lipinski definition) is 2. The van der Waals surface area contributed by atoms with E-state index in [-0.39, 0.29) is 18.5 Å². The molecule has 2 rings (SSSR count). The number of carbonyl (C=O) groups excluding carboxylic acids is 1. The fourth-order valence-corrected chi connectivity index (χ4v) is 4.13. The minimum Gasteiger partial charge on any atom is -0.480 e. The molecule has 23 heavy (non-hydrogen) atoms. The highest BCUT2D eigenvalue weighted by Crippen LogP contribution is 2.32. The minimum absolute atomic E-state index is 0.0978. The van der Waals surface area contributed by atoms with E-state index in [1.165, 1.54) is 32.1 Å². The minimum atomic E-state index is -0.777. The highest BCUT2D eigenvalue weighted by Gasteiger charge is 2.35. The van der Waals surface area contributed by atoms with E-state index >= 15 is 0 Å². The summed E-state index contributed by atoms with van der Waals surface area (Å²) >= 11 is 0. The van der Waals surface area contributed by atoms with Crippen LogP contribution in [0.5, 0.6) is 0 Å². The first-order chi connectivity index (χ1) is 11.0. The van der Waals surface area contributed by atoms with Crippen molar-refractivity contribution < 1.29 is 14.7 Å². The Kier molecular flexibility index (Phi) is 6.88. The standard InChI is InChI=1S/C18H32N2O3/c1-3-20(12-18(22)23)16-10-15(11-16)19-17(21)9-13(2)14-7-5-4-6-8-14/h13-16H,3-12H2,1-2H3,(H,19,21)(H,22,23). The van der Waals surface area contributed by atoms with Crippen molar-refractivity contribution in [1.29, 1.82) is 0 Å². The topological polar surface area (TPSA) is 69.6 Å². The lowest BCUT2D eigenvalue weighted by Gasteiger charge is -2.42. The van der Waals surface area contributed by atoms with E-state index in [1.54, 1.807) is 0 Å². The van der Waals surface area contributed by atoms with Crippen LogP contribution in [0.25, 0.3) is 0 Å². The number of nitrogens with zero attached hydrogens (tertiary/aromatic N) is 1. The van der Waals surface area contributed by atoms with Gasteiger partial charge in [0.2, 0.25) is 5.91 Å². The molecule has 0 spiro atoms. The van der Waals surface area contributed by atoms with E-state index < -0.39 is 5.97 Å². The Labute approximate surface area is 139 Å². The quantitative estimate of drug-likeness (QED) is 0.720. The molecule has 0 aromatic carbocycles. The van der Waals surface area contributed by atoms with Crippen LogP contribution in [-0.2, 0) is 9.59 Å². The molecule has 2 aliphatic carbocycles. The van der Waals surface area contributed by atoms with Gasteiger partial charge in [0.05, 0.1) is 6.54 Å². The summed E-state index contributed by atoms with van der Waals surface area (Å²) in [6.45, 7) is 5.04. The van der Waals surface area contributed by atoms with Gasteiger partial charge in [-0.3, -0.25) is 14.5 Å². The lowest BCUT2D eigenvalue weighted by molar-refractivity contribution is -0.139. The Morgan fingerprint density at radius 2 is 1.87 bits per heavy atom. The molecular formula is C18H32N2O3. The van der Waals surface area contributed by atoms with Crippen LogP contribution < -0.4 is 5.32 Å². The first kappa shape index (κ1) is 18.2. The predicted octanol–water partition coefficient (Wildman–Crippen LogP) is 2.65. The van der Waals surface area contributed by atoms with Gasteiger partial charge in [0.15, 0.2) is 0 Å². The number of carboxylic acids is 1. The molecule has 2 fully saturated rings. The Morgan fingerprint density at radius 1 is 1.22 bits per heavy atom. The van der Waals surface area contributed by atoms with Crippen LogP contribution in [0.2, 0.25) is 0 Å². The maximum absolute atomic E-state index is 12.2. The number of hydrogen-bond acceptors (Lipinski definition) is 3. The van der Waals surface area contributed by atoms with Gasteiger partial charge >= 0.3 is 5.97 Å². The van der Waals surface area contributed by atoms with Crippen LogP contribution in [0, 0.1) is 11.8 Å². The van der Waals surface area contributed by atoms with Gasteiger partial charge in [-0.25, -0.2) is 0 Å². The molecule has 1 amide bonds. The monoisotopic (exact) mass is 324 g/mol. The first-order valence-corrected chi connectivity index (χ1v) is 9.24. The Bertz CT molecular complexity index is 401. The van der Waals surface area contributed by atoms with E-state index in [4.69, 9.17) is 5.11 Å². The molecule has 0 radical (unpaired) electrons. The van der Waals surface area contributed by atoms with E-state index in [0.717, 1.165) is 25.3 Å². The maximum atomic E-state index is 12.2. The lowest BCUT2D eigenvalue weighted by atomic mass is 9.79. The summed E-state index contributed by atoms with van der Waals surface area (Å²) in [5.41, 5.74) is 0. The second-order valence-corrected chi connectivity index (χ2v) is 7.43. The molecule has 0 aromatic heterocycles. The highest BCUT2D eigenvalue weighted by molar-refractivity contribution is 5.76. The van der Waals surface area contributed by atoms with Gasteiger partial charge in [0, 0.05) is 18.5 Å². The average Bonchev–Trinajstić information content (AvgIpc) is 2.49. The highest BCUT2D eigenvalue weighted by atomic mass is 16.4. The first-order valence-electron chi connectivity index (χ1n) is 9.24. The molecule has 0 aromatic rings. The second kappa shape index (κ2) is 8.67. The zero-order valence-electron chi connectivity index (χ0n) is 14.6. The molecule has 2 N–H and O–H groups in total. The number of likely N-dealkylation sites (N-methyl/N-ethyl adjacent to an activating group) is 1. The summed E-state index contributed by atoms with van der Waals surface area (Å²) in [7, 11) is 0. The van der Waals surface area contributed by atoms with Gasteiger partial charge < -0.3 is 10.4 Å². The summed E-state index contributed by atoms with van der Waals surface area (Å²) in [5.74, 6) is 0.591. The molecule has 1 unspecified atom stereocenters. The smallest absolute Gasteiger partial charge is 0.317 e. The van der Waals surface area contributed by atoms with E-state index in [2.05, 4.69) is 12.2 Å². The number of nitrogens with one attached hydrogen (secondary N) is 1. The fourth-order valence-electron chi connectivity index (χ4n) is 4.13. The van der Waals surface area contributed by atoms with Crippen molar-refractivity contribution in [2.24, 2.45) is 11.8 Å². The van der Waals surface area contributed by atoms with Crippen LogP contribution >= 0.6 is 0 Å². The number of carbonyl (C=O) groups is 2. The SMILES string of the molecule is CCN(CC(=O)O)C1CC(NC(=O)CC(C)C2CCCCC2)C1. The van der Waals surface area contributed by atoms with Crippen LogP contribution in [0.15, 0.2) is 0 Å². The van der Waals surface area contributed by atoms with Crippen molar-refractivity contribution >= 4 is 11.9 Å². The van der Waals surface area contributed by atoms with Gasteiger partial charge in [0.25, 0.3) is 0 Å². The third-order valence-corrected chi connectivity index (χ3v) is 5.70. The molecule has 1 atom stereocenters. The maximum Gasteiger partial charge on any atom is 0.317 e. The second-order valence-electron chi connectivity index (χ2n) is 7.43. The molecule has 0 saturated heterocycles. The van der Waals surface area contributed by atoms with Gasteiger partial charge in [0.1, 0.15) is 0 Å². The average molecular weight is 324 g/mol. The predicted molar refractivity (Wildman–Crippen MR) is 90.2 cm³/mol. The lowest BCUT2D eigenvalue weighted by Crippen LogP contribution is -2.55. The summed E-state index contributed by atoms with van der Waals surface area (Å²) < 4.78 is 0. The van der Waals surface area contributed by atoms with Crippen LogP contribution in [0.3, 0.4) is 0 Å². The number of carboxylic acid groups (broad SMARTS) is 1. The van der Waals surface area contributed by atoms with Crippen LogP contribution in [0.1, 0.15) is 65.2 Å². The van der Waals surface area contributed by atoms with Gasteiger partial charge in [-0.2, -0.15) is 0 Å². The summed E-state index contributed by atoms with van der Waals surface area (Å²) in [6, 6.07) is 0.533. The summed E-state index contributed by atoms with van der Waals surface area (Å²) in [5, 5.41) is 12.0. The van der Waals surface area contributed by atoms with Crippen molar-refractivity contribution in [2.45, 2.75) is 77.3 Å². The molecule has 5 nitrogen and oxygen atoms in total. The fraction of sp³-hybridized carbons (Fsp3) is 0.889. The van der Waals surface area contributed by atoms with Crippen LogP contribution in [-0.4, -0.2) is 47.1 Å². The largest absolute Gasteiger partial charge is 0.480 e. The van der Waals surface area contributed by atoms with E-state index in [9.17, 15) is 9.59 Å². The third kappa shape index (κ3) is 5.48. The normalized spacial score (nSPS) is 26.6. The van der Waals surface area contributed by atoms with Gasteiger partial charge in [-0.1, -0.05) is 46.0 Å². The summed E-state index contributed by atoms with van der Waals surface area (Å²) in [4.78, 5) is 25.0. The van der Waals surface area contributed by atoms with E-state index in [1.807, 2.05) is 11.8 Å². The van der Waals surface area contributed by atoms with Crippen LogP contribution in [0.4, 0.5) is 0 Å². The molecule has 0 aliphatic heterocycles. The van der Waals surface area contributed by atoms with Gasteiger partial charge in [-0.05, 0) is 31.2 Å². The van der Waals surface area contributed by atoms with E-state index in [0.29, 0.717) is 18.4 Å². The molecule has 0 heterocycles. The van der Waals surface area contributed by atoms with Gasteiger partial charge in [-0.15, -0.1) is 0 Å². The number of rotatable bonds is 8. The molecular weight excluding hydrogens is 292 g/mol. The molecule has 0 bridgehead atoms. The Hall–Kier alpha value is -1.10. The van der Waals surface area contributed by atoms with Crippen molar-refractivity contribution in [3.63, 3.8) is 0 Å². The number of aliphatic carboxylic acids is 1. The molecule has 2 saturated carbocycles. The Morgan fingerprint density at radius 3 is 2.43 bits per heavy atom.